The third-order valence-electron chi connectivity index (χ3n) is 3.80. The second kappa shape index (κ2) is 2.94. The lowest BCUT2D eigenvalue weighted by molar-refractivity contribution is -0.149. The van der Waals surface area contributed by atoms with Gasteiger partial charge < -0.3 is 15.6 Å². The Morgan fingerprint density at radius 1 is 1.46 bits per heavy atom. The van der Waals surface area contributed by atoms with Gasteiger partial charge in [-0.05, 0) is 32.6 Å². The number of hydrogen-bond acceptors (Lipinski definition) is 3. The van der Waals surface area contributed by atoms with Crippen molar-refractivity contribution < 1.29 is 9.84 Å². The minimum atomic E-state index is -0.631. The molecule has 3 nitrogen and oxygen atoms in total. The van der Waals surface area contributed by atoms with Crippen LogP contribution in [0.15, 0.2) is 0 Å². The van der Waals surface area contributed by atoms with Crippen molar-refractivity contribution in [3.05, 3.63) is 0 Å². The highest BCUT2D eigenvalue weighted by Crippen LogP contribution is 2.56. The highest BCUT2D eigenvalue weighted by atomic mass is 16.5. The molecule has 3 heteroatoms. The number of aliphatic hydroxyl groups is 1. The summed E-state index contributed by atoms with van der Waals surface area (Å²) in [6.07, 6.45) is 4.24. The van der Waals surface area contributed by atoms with Crippen LogP contribution in [0, 0.1) is 5.41 Å². The van der Waals surface area contributed by atoms with Crippen molar-refractivity contribution in [3.8, 4) is 0 Å². The molecule has 3 N–H and O–H groups in total. The fourth-order valence-corrected chi connectivity index (χ4v) is 2.31. The molecule has 1 aliphatic heterocycles. The van der Waals surface area contributed by atoms with Crippen LogP contribution in [-0.2, 0) is 4.74 Å². The van der Waals surface area contributed by atoms with Crippen molar-refractivity contribution in [3.63, 3.8) is 0 Å². The van der Waals surface area contributed by atoms with Gasteiger partial charge in [-0.1, -0.05) is 0 Å². The lowest BCUT2D eigenvalue weighted by Gasteiger charge is -2.41. The second-order valence-corrected chi connectivity index (χ2v) is 4.68. The summed E-state index contributed by atoms with van der Waals surface area (Å²) >= 11 is 0. The van der Waals surface area contributed by atoms with Crippen LogP contribution in [0.5, 0.6) is 0 Å². The molecule has 2 aliphatic rings. The van der Waals surface area contributed by atoms with Gasteiger partial charge in [-0.15, -0.1) is 0 Å². The molecule has 0 amide bonds. The molecule has 1 aliphatic carbocycles. The van der Waals surface area contributed by atoms with Gasteiger partial charge >= 0.3 is 0 Å². The predicted octanol–water partition coefficient (Wildman–Crippen LogP) is 0.655. The predicted molar refractivity (Wildman–Crippen MR) is 50.3 cm³/mol. The van der Waals surface area contributed by atoms with Crippen molar-refractivity contribution in [2.24, 2.45) is 11.1 Å². The first-order chi connectivity index (χ1) is 6.12. The first kappa shape index (κ1) is 9.44. The lowest BCUT2D eigenvalue weighted by Crippen LogP contribution is -2.51. The maximum Gasteiger partial charge on any atom is 0.0949 e. The monoisotopic (exact) mass is 185 g/mol. The molecular formula is C10H19NO2. The van der Waals surface area contributed by atoms with E-state index in [0.717, 1.165) is 25.7 Å². The van der Waals surface area contributed by atoms with E-state index in [4.69, 9.17) is 10.5 Å². The van der Waals surface area contributed by atoms with Gasteiger partial charge in [0.1, 0.15) is 0 Å². The fraction of sp³-hybridized carbons (Fsp3) is 1.00. The molecule has 13 heavy (non-hydrogen) atoms. The first-order valence-electron chi connectivity index (χ1n) is 5.16. The first-order valence-corrected chi connectivity index (χ1v) is 5.16. The summed E-state index contributed by atoms with van der Waals surface area (Å²) in [6.45, 7) is 3.13. The lowest BCUT2D eigenvalue weighted by atomic mass is 9.79. The molecule has 0 aromatic heterocycles. The molecule has 0 spiro atoms. The Morgan fingerprint density at radius 2 is 2.15 bits per heavy atom. The van der Waals surface area contributed by atoms with Crippen molar-refractivity contribution in [2.45, 2.75) is 44.3 Å². The molecule has 0 bridgehead atoms. The largest absolute Gasteiger partial charge is 0.387 e. The maximum absolute atomic E-state index is 10.4. The van der Waals surface area contributed by atoms with E-state index in [1.807, 2.05) is 0 Å². The van der Waals surface area contributed by atoms with E-state index in [1.165, 1.54) is 0 Å². The summed E-state index contributed by atoms with van der Waals surface area (Å²) in [4.78, 5) is 0. The summed E-state index contributed by atoms with van der Waals surface area (Å²) in [5.74, 6) is 0. The highest BCUT2D eigenvalue weighted by Gasteiger charge is 2.58. The van der Waals surface area contributed by atoms with Gasteiger partial charge in [-0.25, -0.2) is 0 Å². The van der Waals surface area contributed by atoms with Crippen molar-refractivity contribution in [1.82, 2.24) is 0 Å². The van der Waals surface area contributed by atoms with E-state index < -0.39 is 5.60 Å². The van der Waals surface area contributed by atoms with Crippen molar-refractivity contribution in [1.29, 1.82) is 0 Å². The van der Waals surface area contributed by atoms with Crippen LogP contribution in [0.1, 0.15) is 32.6 Å². The van der Waals surface area contributed by atoms with Gasteiger partial charge in [0.2, 0.25) is 0 Å². The molecule has 2 unspecified atom stereocenters. The van der Waals surface area contributed by atoms with Crippen LogP contribution in [0.2, 0.25) is 0 Å². The van der Waals surface area contributed by atoms with E-state index >= 15 is 0 Å². The second-order valence-electron chi connectivity index (χ2n) is 4.68. The Hall–Kier alpha value is -0.120. The van der Waals surface area contributed by atoms with Crippen LogP contribution in [0.25, 0.3) is 0 Å². The van der Waals surface area contributed by atoms with E-state index in [2.05, 4.69) is 6.92 Å². The van der Waals surface area contributed by atoms with Crippen LogP contribution >= 0.6 is 0 Å². The van der Waals surface area contributed by atoms with Gasteiger partial charge in [0.15, 0.2) is 0 Å². The zero-order chi connectivity index (χ0) is 9.53. The van der Waals surface area contributed by atoms with Crippen LogP contribution in [0.4, 0.5) is 0 Å². The third kappa shape index (κ3) is 1.39. The summed E-state index contributed by atoms with van der Waals surface area (Å²) in [5, 5.41) is 10.4. The van der Waals surface area contributed by atoms with Gasteiger partial charge in [0.25, 0.3) is 0 Å². The highest BCUT2D eigenvalue weighted by molar-refractivity contribution is 5.10. The fourth-order valence-electron chi connectivity index (χ4n) is 2.31. The molecule has 1 saturated heterocycles. The molecular weight excluding hydrogens is 166 g/mol. The number of rotatable bonds is 2. The van der Waals surface area contributed by atoms with Gasteiger partial charge in [-0.2, -0.15) is 0 Å². The average Bonchev–Trinajstić information content (AvgIpc) is 2.91. The molecule has 0 aromatic carbocycles. The van der Waals surface area contributed by atoms with Gasteiger partial charge in [-0.3, -0.25) is 0 Å². The van der Waals surface area contributed by atoms with Gasteiger partial charge in [0.05, 0.1) is 18.3 Å². The Bertz CT molecular complexity index is 193. The number of ether oxygens (including phenoxy) is 1. The normalized spacial score (nSPS) is 43.2. The molecule has 0 aromatic rings. The topological polar surface area (TPSA) is 55.5 Å². The molecule has 2 rings (SSSR count). The standard InChI is InChI=1S/C10H19NO2/c1-8-2-3-10(12,7-13-8)9(6-11)4-5-9/h8,12H,2-7,11H2,1H3. The number of hydrogen-bond donors (Lipinski definition) is 2. The van der Waals surface area contributed by atoms with Crippen LogP contribution in [-0.4, -0.2) is 30.0 Å². The van der Waals surface area contributed by atoms with E-state index in [1.54, 1.807) is 0 Å². The summed E-state index contributed by atoms with van der Waals surface area (Å²) in [5.41, 5.74) is 5.07. The molecule has 1 saturated carbocycles. The maximum atomic E-state index is 10.4. The van der Waals surface area contributed by atoms with E-state index in [-0.39, 0.29) is 5.41 Å². The Balaban J connectivity index is 2.04. The Labute approximate surface area is 79.3 Å². The average molecular weight is 185 g/mol. The summed E-state index contributed by atoms with van der Waals surface area (Å²) in [7, 11) is 0. The molecule has 2 fully saturated rings. The summed E-state index contributed by atoms with van der Waals surface area (Å²) in [6, 6.07) is 0. The SMILES string of the molecule is CC1CCC(O)(C2(CN)CC2)CO1. The zero-order valence-electron chi connectivity index (χ0n) is 8.25. The quantitative estimate of drug-likeness (QED) is 0.664. The molecule has 1 heterocycles. The van der Waals surface area contributed by atoms with E-state index in [0.29, 0.717) is 19.3 Å². The number of nitrogens with two attached hydrogens (primary N) is 1. The molecule has 76 valence electrons. The molecule has 2 atom stereocenters. The Morgan fingerprint density at radius 3 is 2.54 bits per heavy atom. The minimum absolute atomic E-state index is 0.00681. The van der Waals surface area contributed by atoms with Gasteiger partial charge in [0, 0.05) is 12.0 Å². The smallest absolute Gasteiger partial charge is 0.0949 e. The molecule has 0 radical (unpaired) electrons. The Kier molecular flexibility index (Phi) is 2.13. The van der Waals surface area contributed by atoms with Crippen LogP contribution in [0.3, 0.4) is 0 Å². The van der Waals surface area contributed by atoms with Crippen molar-refractivity contribution in [2.75, 3.05) is 13.2 Å². The third-order valence-corrected chi connectivity index (χ3v) is 3.80. The minimum Gasteiger partial charge on any atom is -0.387 e. The van der Waals surface area contributed by atoms with Crippen LogP contribution < -0.4 is 5.73 Å². The van der Waals surface area contributed by atoms with E-state index in [9.17, 15) is 5.11 Å². The van der Waals surface area contributed by atoms with Crippen molar-refractivity contribution >= 4 is 0 Å². The zero-order valence-corrected chi connectivity index (χ0v) is 8.25. The summed E-state index contributed by atoms with van der Waals surface area (Å²) < 4.78 is 5.52.